The lowest BCUT2D eigenvalue weighted by atomic mass is 9.81. The number of rotatable bonds is 8. The molecule has 1 aliphatic carbocycles. The molecule has 1 aliphatic rings. The van der Waals surface area contributed by atoms with E-state index in [1.165, 1.54) is 0 Å². The second kappa shape index (κ2) is 9.75. The Kier molecular flexibility index (Phi) is 8.26. The number of hydrogen-bond donors (Lipinski definition) is 3. The van der Waals surface area contributed by atoms with Crippen molar-refractivity contribution >= 4 is 11.8 Å². The summed E-state index contributed by atoms with van der Waals surface area (Å²) in [5.41, 5.74) is 5.65. The summed E-state index contributed by atoms with van der Waals surface area (Å²) in [6, 6.07) is 0. The first-order chi connectivity index (χ1) is 9.67. The predicted molar refractivity (Wildman–Crippen MR) is 80.0 cm³/mol. The minimum absolute atomic E-state index is 0.0886. The van der Waals surface area contributed by atoms with Crippen LogP contribution in [0.15, 0.2) is 0 Å². The first kappa shape index (κ1) is 17.0. The zero-order valence-corrected chi connectivity index (χ0v) is 12.6. The maximum absolute atomic E-state index is 12.0. The molecule has 2 amide bonds. The van der Waals surface area contributed by atoms with E-state index in [0.29, 0.717) is 12.3 Å². The molecule has 0 aromatic rings. The highest BCUT2D eigenvalue weighted by Crippen LogP contribution is 2.28. The Morgan fingerprint density at radius 1 is 1.10 bits per heavy atom. The van der Waals surface area contributed by atoms with E-state index in [1.807, 2.05) is 0 Å². The van der Waals surface area contributed by atoms with Crippen molar-refractivity contribution in [2.45, 2.75) is 51.4 Å². The highest BCUT2D eigenvalue weighted by molar-refractivity contribution is 5.78. The fourth-order valence-electron chi connectivity index (χ4n) is 2.73. The van der Waals surface area contributed by atoms with Gasteiger partial charge in [-0.25, -0.2) is 0 Å². The van der Waals surface area contributed by atoms with Crippen LogP contribution in [-0.2, 0) is 9.59 Å². The molecule has 0 aliphatic heterocycles. The molecule has 0 heterocycles. The van der Waals surface area contributed by atoms with Crippen LogP contribution in [0.5, 0.6) is 0 Å². The number of unbranched alkanes of at least 4 members (excludes halogenated alkanes) is 2. The van der Waals surface area contributed by atoms with Crippen molar-refractivity contribution in [3.05, 3.63) is 0 Å². The molecule has 0 saturated heterocycles. The molecule has 1 saturated carbocycles. The molecule has 1 rings (SSSR count). The Morgan fingerprint density at radius 2 is 1.80 bits per heavy atom. The third-order valence-electron chi connectivity index (χ3n) is 4.21. The standard InChI is InChI=1S/C15H29N3O2/c1-17-14(19)5-3-2-4-10-18-15(20)13-8-6-12(11-16)7-9-13/h12-13H,2-11,16H2,1H3,(H,17,19)(H,18,20). The van der Waals surface area contributed by atoms with Gasteiger partial charge in [-0.15, -0.1) is 0 Å². The third-order valence-corrected chi connectivity index (χ3v) is 4.21. The SMILES string of the molecule is CNC(=O)CCCCCNC(=O)C1CCC(CN)CC1. The molecule has 20 heavy (non-hydrogen) atoms. The summed E-state index contributed by atoms with van der Waals surface area (Å²) in [5, 5.41) is 5.62. The van der Waals surface area contributed by atoms with Crippen LogP contribution in [0.1, 0.15) is 51.4 Å². The Bertz CT molecular complexity index is 299. The zero-order valence-electron chi connectivity index (χ0n) is 12.6. The highest BCUT2D eigenvalue weighted by atomic mass is 16.2. The van der Waals surface area contributed by atoms with E-state index in [-0.39, 0.29) is 17.7 Å². The van der Waals surface area contributed by atoms with Crippen molar-refractivity contribution in [3.63, 3.8) is 0 Å². The van der Waals surface area contributed by atoms with Crippen molar-refractivity contribution in [1.29, 1.82) is 0 Å². The molecule has 5 nitrogen and oxygen atoms in total. The van der Waals surface area contributed by atoms with E-state index < -0.39 is 0 Å². The van der Waals surface area contributed by atoms with Crippen LogP contribution in [0.25, 0.3) is 0 Å². The summed E-state index contributed by atoms with van der Waals surface area (Å²) < 4.78 is 0. The molecule has 4 N–H and O–H groups in total. The minimum Gasteiger partial charge on any atom is -0.359 e. The fraction of sp³-hybridized carbons (Fsp3) is 0.867. The second-order valence-electron chi connectivity index (χ2n) is 5.73. The van der Waals surface area contributed by atoms with E-state index in [2.05, 4.69) is 10.6 Å². The van der Waals surface area contributed by atoms with E-state index in [1.54, 1.807) is 7.05 Å². The van der Waals surface area contributed by atoms with Gasteiger partial charge in [0, 0.05) is 25.9 Å². The molecule has 0 aromatic heterocycles. The topological polar surface area (TPSA) is 84.2 Å². The molecule has 0 unspecified atom stereocenters. The molecule has 5 heteroatoms. The summed E-state index contributed by atoms with van der Waals surface area (Å²) in [7, 11) is 1.65. The molecule has 0 spiro atoms. The number of nitrogens with one attached hydrogen (secondary N) is 2. The quantitative estimate of drug-likeness (QED) is 0.585. The van der Waals surface area contributed by atoms with Gasteiger partial charge < -0.3 is 16.4 Å². The van der Waals surface area contributed by atoms with E-state index in [9.17, 15) is 9.59 Å². The van der Waals surface area contributed by atoms with Crippen molar-refractivity contribution in [2.24, 2.45) is 17.6 Å². The Hall–Kier alpha value is -1.10. The molecule has 1 fully saturated rings. The molecule has 0 radical (unpaired) electrons. The van der Waals surface area contributed by atoms with Crippen molar-refractivity contribution < 1.29 is 9.59 Å². The lowest BCUT2D eigenvalue weighted by Gasteiger charge is -2.26. The fourth-order valence-corrected chi connectivity index (χ4v) is 2.73. The highest BCUT2D eigenvalue weighted by Gasteiger charge is 2.25. The number of nitrogens with two attached hydrogens (primary N) is 1. The summed E-state index contributed by atoms with van der Waals surface area (Å²) >= 11 is 0. The lowest BCUT2D eigenvalue weighted by Crippen LogP contribution is -2.34. The van der Waals surface area contributed by atoms with Gasteiger partial charge in [0.1, 0.15) is 0 Å². The van der Waals surface area contributed by atoms with Crippen molar-refractivity contribution in [3.8, 4) is 0 Å². The van der Waals surface area contributed by atoms with Gasteiger partial charge in [0.15, 0.2) is 0 Å². The van der Waals surface area contributed by atoms with Crippen LogP contribution in [-0.4, -0.2) is 32.0 Å². The normalized spacial score (nSPS) is 22.3. The van der Waals surface area contributed by atoms with Gasteiger partial charge in [0.05, 0.1) is 0 Å². The van der Waals surface area contributed by atoms with Crippen LogP contribution in [0.3, 0.4) is 0 Å². The second-order valence-corrected chi connectivity index (χ2v) is 5.73. The maximum Gasteiger partial charge on any atom is 0.223 e. The Balaban J connectivity index is 2.02. The number of hydrogen-bond acceptors (Lipinski definition) is 3. The van der Waals surface area contributed by atoms with Crippen LogP contribution >= 0.6 is 0 Å². The van der Waals surface area contributed by atoms with Gasteiger partial charge in [-0.2, -0.15) is 0 Å². The zero-order chi connectivity index (χ0) is 14.8. The van der Waals surface area contributed by atoms with Gasteiger partial charge in [0.2, 0.25) is 11.8 Å². The summed E-state index contributed by atoms with van der Waals surface area (Å²) in [6.07, 6.45) is 7.51. The first-order valence-corrected chi connectivity index (χ1v) is 7.85. The average molecular weight is 283 g/mol. The number of carbonyl (C=O) groups is 2. The lowest BCUT2D eigenvalue weighted by molar-refractivity contribution is -0.126. The van der Waals surface area contributed by atoms with Crippen LogP contribution < -0.4 is 16.4 Å². The average Bonchev–Trinajstić information content (AvgIpc) is 2.50. The molecular weight excluding hydrogens is 254 g/mol. The first-order valence-electron chi connectivity index (χ1n) is 7.85. The number of amides is 2. The minimum atomic E-state index is 0.0886. The van der Waals surface area contributed by atoms with Gasteiger partial charge in [-0.05, 0) is 51.0 Å². The predicted octanol–water partition coefficient (Wildman–Crippen LogP) is 1.17. The van der Waals surface area contributed by atoms with E-state index in [0.717, 1.165) is 58.0 Å². The summed E-state index contributed by atoms with van der Waals surface area (Å²) in [6.45, 7) is 1.48. The Morgan fingerprint density at radius 3 is 2.40 bits per heavy atom. The van der Waals surface area contributed by atoms with Gasteiger partial charge >= 0.3 is 0 Å². The summed E-state index contributed by atoms with van der Waals surface area (Å²) in [4.78, 5) is 23.0. The van der Waals surface area contributed by atoms with E-state index in [4.69, 9.17) is 5.73 Å². The van der Waals surface area contributed by atoms with Crippen molar-refractivity contribution in [1.82, 2.24) is 10.6 Å². The van der Waals surface area contributed by atoms with Crippen LogP contribution in [0, 0.1) is 11.8 Å². The van der Waals surface area contributed by atoms with Crippen LogP contribution in [0.2, 0.25) is 0 Å². The summed E-state index contributed by atoms with van der Waals surface area (Å²) in [5.74, 6) is 1.09. The molecule has 0 aromatic carbocycles. The largest absolute Gasteiger partial charge is 0.359 e. The van der Waals surface area contributed by atoms with Gasteiger partial charge in [-0.1, -0.05) is 6.42 Å². The third kappa shape index (κ3) is 6.37. The smallest absolute Gasteiger partial charge is 0.223 e. The molecular formula is C15H29N3O2. The van der Waals surface area contributed by atoms with Crippen LogP contribution in [0.4, 0.5) is 0 Å². The van der Waals surface area contributed by atoms with Gasteiger partial charge in [-0.3, -0.25) is 9.59 Å². The maximum atomic E-state index is 12.0. The van der Waals surface area contributed by atoms with Gasteiger partial charge in [0.25, 0.3) is 0 Å². The molecule has 0 bridgehead atoms. The molecule has 0 atom stereocenters. The number of carbonyl (C=O) groups excluding carboxylic acids is 2. The Labute approximate surface area is 122 Å². The van der Waals surface area contributed by atoms with Crippen molar-refractivity contribution in [2.75, 3.05) is 20.1 Å². The van der Waals surface area contributed by atoms with E-state index >= 15 is 0 Å². The molecule has 116 valence electrons. The monoisotopic (exact) mass is 283 g/mol.